The molecule has 21 heavy (non-hydrogen) atoms. The van der Waals surface area contributed by atoms with E-state index in [2.05, 4.69) is 0 Å². The van der Waals surface area contributed by atoms with Crippen molar-refractivity contribution < 1.29 is 14.3 Å². The molecular weight excluding hydrogens is 284 g/mol. The molecule has 106 valence electrons. The van der Waals surface area contributed by atoms with Crippen molar-refractivity contribution in [3.05, 3.63) is 59.7 Å². The topological polar surface area (TPSA) is 35.5 Å². The highest BCUT2D eigenvalue weighted by molar-refractivity contribution is 7.98. The summed E-state index contributed by atoms with van der Waals surface area (Å²) in [7, 11) is 0. The summed E-state index contributed by atoms with van der Waals surface area (Å²) in [4.78, 5) is 13.2. The molecule has 2 aromatic carbocycles. The summed E-state index contributed by atoms with van der Waals surface area (Å²) in [5, 5.41) is 0. The summed E-state index contributed by atoms with van der Waals surface area (Å²) in [5.41, 5.74) is 1.60. The Kier molecular flexibility index (Phi) is 3.97. The Hall–Kier alpha value is -2.20. The predicted octanol–water partition coefficient (Wildman–Crippen LogP) is 4.03. The Bertz CT molecular complexity index is 690. The average Bonchev–Trinajstić information content (AvgIpc) is 3.00. The zero-order valence-electron chi connectivity index (χ0n) is 11.5. The van der Waals surface area contributed by atoms with Gasteiger partial charge >= 0.3 is 0 Å². The quantitative estimate of drug-likeness (QED) is 0.485. The Balaban J connectivity index is 1.74. The number of ether oxygens (including phenoxy) is 2. The van der Waals surface area contributed by atoms with Crippen LogP contribution in [0.5, 0.6) is 11.5 Å². The van der Waals surface area contributed by atoms with Crippen LogP contribution in [-0.2, 0) is 0 Å². The van der Waals surface area contributed by atoms with E-state index in [0.717, 1.165) is 16.2 Å². The minimum absolute atomic E-state index is 0.0136. The summed E-state index contributed by atoms with van der Waals surface area (Å²) in [5.74, 6) is 1.44. The maximum Gasteiger partial charge on any atom is 0.231 e. The molecule has 0 saturated carbocycles. The van der Waals surface area contributed by atoms with Crippen molar-refractivity contribution in [1.29, 1.82) is 0 Å². The number of benzene rings is 2. The fourth-order valence-electron chi connectivity index (χ4n) is 2.04. The Morgan fingerprint density at radius 3 is 2.62 bits per heavy atom. The first-order valence-corrected chi connectivity index (χ1v) is 7.75. The van der Waals surface area contributed by atoms with Gasteiger partial charge in [-0.2, -0.15) is 0 Å². The molecule has 2 aromatic rings. The van der Waals surface area contributed by atoms with Gasteiger partial charge in [-0.1, -0.05) is 12.1 Å². The van der Waals surface area contributed by atoms with E-state index in [9.17, 15) is 4.79 Å². The lowest BCUT2D eigenvalue weighted by atomic mass is 10.1. The van der Waals surface area contributed by atoms with Crippen LogP contribution in [0.3, 0.4) is 0 Å². The lowest BCUT2D eigenvalue weighted by Crippen LogP contribution is -1.93. The predicted molar refractivity (Wildman–Crippen MR) is 84.2 cm³/mol. The van der Waals surface area contributed by atoms with Gasteiger partial charge in [-0.05, 0) is 54.3 Å². The average molecular weight is 298 g/mol. The van der Waals surface area contributed by atoms with Gasteiger partial charge < -0.3 is 9.47 Å². The molecule has 0 atom stereocenters. The van der Waals surface area contributed by atoms with Gasteiger partial charge in [0.25, 0.3) is 0 Å². The van der Waals surface area contributed by atoms with E-state index in [1.165, 1.54) is 0 Å². The molecule has 3 nitrogen and oxygen atoms in total. The standard InChI is InChI=1S/C17H14O3S/c1-21-14-6-4-13(5-7-14)15(18)8-2-12-3-9-16-17(10-12)20-11-19-16/h2-10H,11H2,1H3/b8-2+. The number of fused-ring (bicyclic) bond motifs is 1. The van der Waals surface area contributed by atoms with Crippen LogP contribution in [0.15, 0.2) is 53.4 Å². The molecule has 0 N–H and O–H groups in total. The lowest BCUT2D eigenvalue weighted by molar-refractivity contribution is 0.104. The van der Waals surface area contributed by atoms with Gasteiger partial charge in [0.15, 0.2) is 17.3 Å². The van der Waals surface area contributed by atoms with Crippen molar-refractivity contribution in [1.82, 2.24) is 0 Å². The first-order valence-electron chi connectivity index (χ1n) is 6.52. The number of rotatable bonds is 4. The highest BCUT2D eigenvalue weighted by Gasteiger charge is 2.12. The van der Waals surface area contributed by atoms with E-state index >= 15 is 0 Å². The van der Waals surface area contributed by atoms with E-state index in [1.54, 1.807) is 23.9 Å². The monoisotopic (exact) mass is 298 g/mol. The first-order chi connectivity index (χ1) is 10.3. The van der Waals surface area contributed by atoms with Crippen LogP contribution < -0.4 is 9.47 Å². The smallest absolute Gasteiger partial charge is 0.231 e. The van der Waals surface area contributed by atoms with E-state index in [0.29, 0.717) is 11.3 Å². The summed E-state index contributed by atoms with van der Waals surface area (Å²) < 4.78 is 10.6. The van der Waals surface area contributed by atoms with Gasteiger partial charge in [-0.3, -0.25) is 4.79 Å². The van der Waals surface area contributed by atoms with Crippen LogP contribution >= 0.6 is 11.8 Å². The second-order valence-corrected chi connectivity index (χ2v) is 5.42. The Morgan fingerprint density at radius 1 is 1.10 bits per heavy atom. The Labute approximate surface area is 127 Å². The SMILES string of the molecule is CSc1ccc(C(=O)/C=C/c2ccc3c(c2)OCO3)cc1. The fourth-order valence-corrected chi connectivity index (χ4v) is 2.45. The molecule has 0 bridgehead atoms. The van der Waals surface area contributed by atoms with E-state index in [4.69, 9.17) is 9.47 Å². The summed E-state index contributed by atoms with van der Waals surface area (Å²) in [6.07, 6.45) is 5.37. The third-order valence-electron chi connectivity index (χ3n) is 3.20. The third kappa shape index (κ3) is 3.11. The molecule has 1 aliphatic rings. The largest absolute Gasteiger partial charge is 0.454 e. The van der Waals surface area contributed by atoms with Gasteiger partial charge in [-0.25, -0.2) is 0 Å². The maximum absolute atomic E-state index is 12.1. The molecule has 0 spiro atoms. The van der Waals surface area contributed by atoms with Crippen molar-refractivity contribution in [2.45, 2.75) is 4.90 Å². The van der Waals surface area contributed by atoms with Gasteiger partial charge in [-0.15, -0.1) is 11.8 Å². The van der Waals surface area contributed by atoms with Gasteiger partial charge in [0.05, 0.1) is 0 Å². The summed E-state index contributed by atoms with van der Waals surface area (Å²) >= 11 is 1.66. The van der Waals surface area contributed by atoms with Gasteiger partial charge in [0.2, 0.25) is 6.79 Å². The molecular formula is C17H14O3S. The van der Waals surface area contributed by atoms with E-state index in [1.807, 2.05) is 48.7 Å². The molecule has 3 rings (SSSR count). The zero-order valence-corrected chi connectivity index (χ0v) is 12.4. The molecule has 4 heteroatoms. The zero-order chi connectivity index (χ0) is 14.7. The van der Waals surface area contributed by atoms with Gasteiger partial charge in [0.1, 0.15) is 0 Å². The number of ketones is 1. The van der Waals surface area contributed by atoms with E-state index in [-0.39, 0.29) is 12.6 Å². The second-order valence-electron chi connectivity index (χ2n) is 4.54. The number of allylic oxidation sites excluding steroid dienone is 1. The summed E-state index contributed by atoms with van der Waals surface area (Å²) in [6, 6.07) is 13.2. The highest BCUT2D eigenvalue weighted by atomic mass is 32.2. The number of thioether (sulfide) groups is 1. The van der Waals surface area contributed by atoms with Crippen molar-refractivity contribution in [3.63, 3.8) is 0 Å². The van der Waals surface area contributed by atoms with Crippen molar-refractivity contribution in [2.75, 3.05) is 13.0 Å². The number of carbonyl (C=O) groups excluding carboxylic acids is 1. The third-order valence-corrected chi connectivity index (χ3v) is 3.94. The second kappa shape index (κ2) is 6.06. The van der Waals surface area contributed by atoms with Crippen LogP contribution in [-0.4, -0.2) is 18.8 Å². The molecule has 0 fully saturated rings. The Morgan fingerprint density at radius 2 is 1.86 bits per heavy atom. The molecule has 0 radical (unpaired) electrons. The number of hydrogen-bond donors (Lipinski definition) is 0. The molecule has 0 aromatic heterocycles. The van der Waals surface area contributed by atoms with Crippen LogP contribution in [0.1, 0.15) is 15.9 Å². The van der Waals surface area contributed by atoms with Crippen LogP contribution in [0.2, 0.25) is 0 Å². The van der Waals surface area contributed by atoms with Crippen molar-refractivity contribution in [3.8, 4) is 11.5 Å². The highest BCUT2D eigenvalue weighted by Crippen LogP contribution is 2.32. The van der Waals surface area contributed by atoms with E-state index < -0.39 is 0 Å². The molecule has 1 heterocycles. The maximum atomic E-state index is 12.1. The van der Waals surface area contributed by atoms with Crippen LogP contribution in [0.4, 0.5) is 0 Å². The molecule has 0 aliphatic carbocycles. The fraction of sp³-hybridized carbons (Fsp3) is 0.118. The van der Waals surface area contributed by atoms with Gasteiger partial charge in [0, 0.05) is 10.5 Å². The van der Waals surface area contributed by atoms with Crippen molar-refractivity contribution >= 4 is 23.6 Å². The first kappa shape index (κ1) is 13.8. The summed E-state index contributed by atoms with van der Waals surface area (Å²) in [6.45, 7) is 0.253. The molecule has 0 unspecified atom stereocenters. The van der Waals surface area contributed by atoms with Crippen molar-refractivity contribution in [2.24, 2.45) is 0 Å². The molecule has 1 aliphatic heterocycles. The normalized spacial score (nSPS) is 12.8. The number of carbonyl (C=O) groups is 1. The minimum atomic E-state index is -0.0136. The molecule has 0 amide bonds. The minimum Gasteiger partial charge on any atom is -0.454 e. The number of hydrogen-bond acceptors (Lipinski definition) is 4. The van der Waals surface area contributed by atoms with Crippen LogP contribution in [0, 0.1) is 0 Å². The van der Waals surface area contributed by atoms with Crippen LogP contribution in [0.25, 0.3) is 6.08 Å². The lowest BCUT2D eigenvalue weighted by Gasteiger charge is -1.99. The molecule has 0 saturated heterocycles.